The molecule has 0 saturated carbocycles. The molecular formula is C19H15Cl2IN2O2S. The Balaban J connectivity index is 1.73. The number of ether oxygens (including phenoxy) is 1. The monoisotopic (exact) mass is 532 g/mol. The zero-order valence-corrected chi connectivity index (χ0v) is 18.7. The first-order valence-corrected chi connectivity index (χ1v) is 10.3. The van der Waals surface area contributed by atoms with Gasteiger partial charge in [0.15, 0.2) is 5.11 Å². The van der Waals surface area contributed by atoms with Crippen LogP contribution in [-0.2, 0) is 11.4 Å². The van der Waals surface area contributed by atoms with Crippen LogP contribution in [0.5, 0.6) is 5.75 Å². The van der Waals surface area contributed by atoms with Crippen LogP contribution < -0.4 is 10.1 Å². The van der Waals surface area contributed by atoms with Gasteiger partial charge in [0, 0.05) is 22.2 Å². The van der Waals surface area contributed by atoms with Crippen molar-refractivity contribution in [1.29, 1.82) is 0 Å². The molecule has 2 aromatic carbocycles. The smallest absolute Gasteiger partial charge is 0.276 e. The maximum atomic E-state index is 12.3. The van der Waals surface area contributed by atoms with Crippen molar-refractivity contribution in [3.8, 4) is 5.75 Å². The zero-order valence-electron chi connectivity index (χ0n) is 14.3. The van der Waals surface area contributed by atoms with Crippen molar-refractivity contribution in [3.63, 3.8) is 0 Å². The number of benzene rings is 2. The second-order valence-electron chi connectivity index (χ2n) is 5.75. The number of carbonyl (C=O) groups is 1. The number of nitrogens with one attached hydrogen (secondary N) is 1. The van der Waals surface area contributed by atoms with Crippen LogP contribution in [0.1, 0.15) is 18.1 Å². The minimum Gasteiger partial charge on any atom is -0.488 e. The third kappa shape index (κ3) is 4.74. The fraction of sp³-hybridized carbons (Fsp3) is 0.158. The fourth-order valence-electron chi connectivity index (χ4n) is 2.54. The summed E-state index contributed by atoms with van der Waals surface area (Å²) in [4.78, 5) is 13.8. The fourth-order valence-corrected chi connectivity index (χ4v) is 4.02. The molecule has 2 aromatic rings. The Morgan fingerprint density at radius 1 is 1.26 bits per heavy atom. The van der Waals surface area contributed by atoms with Gasteiger partial charge in [-0.25, -0.2) is 0 Å². The molecule has 0 spiro atoms. The van der Waals surface area contributed by atoms with E-state index >= 15 is 0 Å². The van der Waals surface area contributed by atoms with E-state index in [1.54, 1.807) is 18.2 Å². The number of thiocarbonyl (C=S) groups is 1. The van der Waals surface area contributed by atoms with Gasteiger partial charge in [-0.05, 0) is 77.6 Å². The van der Waals surface area contributed by atoms with Gasteiger partial charge in [0.1, 0.15) is 18.1 Å². The quantitative estimate of drug-likeness (QED) is 0.324. The van der Waals surface area contributed by atoms with Gasteiger partial charge in [-0.1, -0.05) is 35.3 Å². The van der Waals surface area contributed by atoms with Crippen LogP contribution in [0, 0.1) is 3.57 Å². The number of hydrogen-bond donors (Lipinski definition) is 1. The number of rotatable bonds is 5. The number of nitrogens with zero attached hydrogens (tertiary/aromatic N) is 1. The van der Waals surface area contributed by atoms with E-state index in [1.165, 1.54) is 4.90 Å². The number of amides is 1. The summed E-state index contributed by atoms with van der Waals surface area (Å²) in [6.45, 7) is 2.77. The molecule has 1 amide bonds. The first-order valence-electron chi connectivity index (χ1n) is 8.10. The highest BCUT2D eigenvalue weighted by atomic mass is 127. The maximum absolute atomic E-state index is 12.3. The molecule has 3 rings (SSSR count). The summed E-state index contributed by atoms with van der Waals surface area (Å²) in [7, 11) is 0. The molecule has 0 unspecified atom stereocenters. The Morgan fingerprint density at radius 3 is 2.67 bits per heavy atom. The lowest BCUT2D eigenvalue weighted by molar-refractivity contribution is -0.122. The van der Waals surface area contributed by atoms with Gasteiger partial charge in [-0.3, -0.25) is 9.69 Å². The summed E-state index contributed by atoms with van der Waals surface area (Å²) in [5.74, 6) is 0.621. The van der Waals surface area contributed by atoms with Crippen LogP contribution in [-0.4, -0.2) is 22.5 Å². The van der Waals surface area contributed by atoms with E-state index in [-0.39, 0.29) is 5.91 Å². The summed E-state index contributed by atoms with van der Waals surface area (Å²) in [5, 5.41) is 4.55. The van der Waals surface area contributed by atoms with Crippen molar-refractivity contribution in [2.24, 2.45) is 0 Å². The van der Waals surface area contributed by atoms with Crippen molar-refractivity contribution >= 4 is 75.1 Å². The number of likely N-dealkylation sites (N-methyl/N-ethyl adjacent to an activating group) is 1. The van der Waals surface area contributed by atoms with Gasteiger partial charge < -0.3 is 10.1 Å². The Hall–Kier alpha value is -1.35. The molecule has 0 radical (unpaired) electrons. The molecule has 1 saturated heterocycles. The topological polar surface area (TPSA) is 41.6 Å². The lowest BCUT2D eigenvalue weighted by atomic mass is 10.2. The number of carbonyl (C=O) groups excluding carboxylic acids is 1. The average molecular weight is 533 g/mol. The Labute approximate surface area is 186 Å². The molecule has 0 bridgehead atoms. The second kappa shape index (κ2) is 8.77. The summed E-state index contributed by atoms with van der Waals surface area (Å²) in [5.41, 5.74) is 2.21. The summed E-state index contributed by atoms with van der Waals surface area (Å²) in [6.07, 6.45) is 1.78. The highest BCUT2D eigenvalue weighted by Crippen LogP contribution is 2.27. The summed E-state index contributed by atoms with van der Waals surface area (Å²) < 4.78 is 6.80. The summed E-state index contributed by atoms with van der Waals surface area (Å²) in [6, 6.07) is 11.0. The molecule has 140 valence electrons. The van der Waals surface area contributed by atoms with Crippen LogP contribution >= 0.6 is 58.0 Å². The van der Waals surface area contributed by atoms with Crippen LogP contribution in [0.15, 0.2) is 42.1 Å². The number of halogens is 3. The normalized spacial score (nSPS) is 15.4. The molecule has 4 nitrogen and oxygen atoms in total. The molecule has 0 atom stereocenters. The predicted octanol–water partition coefficient (Wildman–Crippen LogP) is 5.25. The van der Waals surface area contributed by atoms with Crippen molar-refractivity contribution in [3.05, 3.63) is 66.8 Å². The molecule has 27 heavy (non-hydrogen) atoms. The predicted molar refractivity (Wildman–Crippen MR) is 121 cm³/mol. The third-order valence-corrected chi connectivity index (χ3v) is 5.70. The van der Waals surface area contributed by atoms with Gasteiger partial charge in [-0.15, -0.1) is 0 Å². The van der Waals surface area contributed by atoms with Crippen LogP contribution in [0.3, 0.4) is 0 Å². The molecule has 8 heteroatoms. The first-order chi connectivity index (χ1) is 12.9. The van der Waals surface area contributed by atoms with Gasteiger partial charge in [0.2, 0.25) is 0 Å². The average Bonchev–Trinajstić information content (AvgIpc) is 2.88. The molecule has 1 aliphatic rings. The van der Waals surface area contributed by atoms with E-state index in [4.69, 9.17) is 40.2 Å². The number of hydrogen-bond acceptors (Lipinski definition) is 3. The molecule has 1 fully saturated rings. The van der Waals surface area contributed by atoms with Crippen LogP contribution in [0.4, 0.5) is 0 Å². The molecule has 1 heterocycles. The highest BCUT2D eigenvalue weighted by molar-refractivity contribution is 14.1. The van der Waals surface area contributed by atoms with E-state index in [0.717, 1.165) is 20.4 Å². The third-order valence-electron chi connectivity index (χ3n) is 3.94. The van der Waals surface area contributed by atoms with E-state index in [9.17, 15) is 4.79 Å². The standard InChI is InChI=1S/C19H15Cl2IN2O2S/c1-2-24-18(25)16(23-19(24)27)8-11-3-6-17(15(22)7-11)26-10-12-4-5-13(20)9-14(12)21/h3-9H,2,10H2,1H3,(H,23,27)/b16-8-. The zero-order chi connectivity index (χ0) is 19.6. The van der Waals surface area contributed by atoms with Crippen LogP contribution in [0.2, 0.25) is 10.0 Å². The lowest BCUT2D eigenvalue weighted by Crippen LogP contribution is -2.30. The molecule has 1 N–H and O–H groups in total. The summed E-state index contributed by atoms with van der Waals surface area (Å²) >= 11 is 19.5. The molecule has 0 aliphatic carbocycles. The van der Waals surface area contributed by atoms with E-state index in [2.05, 4.69) is 27.9 Å². The molecular weight excluding hydrogens is 518 g/mol. The minimum absolute atomic E-state index is 0.116. The molecule has 1 aliphatic heterocycles. The second-order valence-corrected chi connectivity index (χ2v) is 8.14. The van der Waals surface area contributed by atoms with Gasteiger partial charge in [0.05, 0.1) is 3.57 Å². The largest absolute Gasteiger partial charge is 0.488 e. The molecule has 0 aromatic heterocycles. The first kappa shape index (κ1) is 20.4. The van der Waals surface area contributed by atoms with Crippen LogP contribution in [0.25, 0.3) is 6.08 Å². The van der Waals surface area contributed by atoms with Crippen molar-refractivity contribution < 1.29 is 9.53 Å². The van der Waals surface area contributed by atoms with Crippen molar-refractivity contribution in [2.45, 2.75) is 13.5 Å². The minimum atomic E-state index is -0.116. The van der Waals surface area contributed by atoms with Gasteiger partial charge in [-0.2, -0.15) is 0 Å². The van der Waals surface area contributed by atoms with E-state index < -0.39 is 0 Å². The maximum Gasteiger partial charge on any atom is 0.276 e. The van der Waals surface area contributed by atoms with Crippen molar-refractivity contribution in [1.82, 2.24) is 10.2 Å². The SMILES string of the molecule is CCN1C(=O)/C(=C/c2ccc(OCc3ccc(Cl)cc3Cl)c(I)c2)NC1=S. The van der Waals surface area contributed by atoms with Gasteiger partial charge in [0.25, 0.3) is 5.91 Å². The van der Waals surface area contributed by atoms with Gasteiger partial charge >= 0.3 is 0 Å². The Morgan fingerprint density at radius 2 is 2.04 bits per heavy atom. The van der Waals surface area contributed by atoms with E-state index in [0.29, 0.717) is 34.0 Å². The van der Waals surface area contributed by atoms with E-state index in [1.807, 2.05) is 31.2 Å². The Bertz CT molecular complexity index is 949. The highest BCUT2D eigenvalue weighted by Gasteiger charge is 2.28. The van der Waals surface area contributed by atoms with Crippen molar-refractivity contribution in [2.75, 3.05) is 6.54 Å². The Kier molecular flexibility index (Phi) is 6.62. The lowest BCUT2D eigenvalue weighted by Gasteiger charge is -2.10.